The number of hydrogen-bond donors (Lipinski definition) is 0. The minimum atomic E-state index is -1.23. The van der Waals surface area contributed by atoms with E-state index in [0.717, 1.165) is 50.5 Å². The number of rotatable bonds is 6. The van der Waals surface area contributed by atoms with Crippen molar-refractivity contribution in [1.29, 1.82) is 0 Å². The van der Waals surface area contributed by atoms with Gasteiger partial charge in [-0.2, -0.15) is 0 Å². The molecule has 0 radical (unpaired) electrons. The molecular weight excluding hydrogens is 635 g/mol. The molecule has 9 unspecified atom stereocenters. The predicted molar refractivity (Wildman–Crippen MR) is 169 cm³/mol. The van der Waals surface area contributed by atoms with Gasteiger partial charge in [0, 0.05) is 19.1 Å². The molecule has 0 saturated heterocycles. The average Bonchev–Trinajstić information content (AvgIpc) is 3.38. The van der Waals surface area contributed by atoms with Crippen LogP contribution >= 0.6 is 22.6 Å². The summed E-state index contributed by atoms with van der Waals surface area (Å²) < 4.78 is 1.01. The molecule has 0 aromatic heterocycles. The van der Waals surface area contributed by atoms with Gasteiger partial charge in [-0.1, -0.05) is 114 Å². The molecule has 4 aliphatic rings. The van der Waals surface area contributed by atoms with Gasteiger partial charge in [0.25, 0.3) is 0 Å². The summed E-state index contributed by atoms with van der Waals surface area (Å²) in [5.41, 5.74) is 2.29. The smallest absolute Gasteiger partial charge is 0.358 e. The quantitative estimate of drug-likeness (QED) is 0.112. The fraction of sp³-hybridized carbons (Fsp3) is 0.867. The van der Waals surface area contributed by atoms with Crippen LogP contribution in [0.3, 0.4) is 0 Å². The Morgan fingerprint density at radius 3 is 2.03 bits per heavy atom. The predicted octanol–water partition coefficient (Wildman–Crippen LogP) is 10.9. The van der Waals surface area contributed by atoms with E-state index in [1.807, 2.05) is 0 Å². The number of halogens is 1. The Morgan fingerprint density at radius 2 is 1.41 bits per heavy atom. The van der Waals surface area contributed by atoms with Crippen LogP contribution in [0.15, 0.2) is 0 Å². The van der Waals surface area contributed by atoms with E-state index in [1.54, 1.807) is 44.9 Å². The van der Waals surface area contributed by atoms with Gasteiger partial charge >= 0.3 is 26.2 Å². The summed E-state index contributed by atoms with van der Waals surface area (Å²) in [5, 5.41) is 0. The second kappa shape index (κ2) is 15.0. The standard InChI is InChI=1S/C26H49ISi2.4CH3.Zr/c1-7-8-10-19-13-14-21(16-19)28(3,4)29(5,6)26-18(2)15-23-24(26)17-20-11-9-12-22(20)25(23)27;;;;;/h18-26H,7-17H2,1-6H3;4*1H3;/q;4*-1;+4. The normalized spacial score (nSPS) is 38.7. The summed E-state index contributed by atoms with van der Waals surface area (Å²) in [4.78, 5) is 0. The molecule has 34 heavy (non-hydrogen) atoms. The molecule has 0 aliphatic heterocycles. The molecule has 0 heterocycles. The third-order valence-corrected chi connectivity index (χ3v) is 34.0. The van der Waals surface area contributed by atoms with Crippen LogP contribution in [0.1, 0.15) is 84.5 Å². The van der Waals surface area contributed by atoms with Crippen molar-refractivity contribution < 1.29 is 26.2 Å². The van der Waals surface area contributed by atoms with Crippen LogP contribution in [0.25, 0.3) is 0 Å². The molecule has 0 nitrogen and oxygen atoms in total. The molecule has 0 aromatic carbocycles. The monoisotopic (exact) mass is 694 g/mol. The van der Waals surface area contributed by atoms with E-state index in [4.69, 9.17) is 0 Å². The van der Waals surface area contributed by atoms with Gasteiger partial charge in [0.15, 0.2) is 0 Å². The van der Waals surface area contributed by atoms with E-state index >= 15 is 0 Å². The van der Waals surface area contributed by atoms with Gasteiger partial charge in [-0.25, -0.2) is 0 Å². The van der Waals surface area contributed by atoms with Crippen molar-refractivity contribution in [3.63, 3.8) is 0 Å². The van der Waals surface area contributed by atoms with Crippen LogP contribution in [0, 0.1) is 65.2 Å². The second-order valence-electron chi connectivity index (χ2n) is 13.1. The molecule has 9 atom stereocenters. The van der Waals surface area contributed by atoms with Crippen molar-refractivity contribution in [3.05, 3.63) is 29.7 Å². The van der Waals surface area contributed by atoms with Crippen molar-refractivity contribution in [2.24, 2.45) is 35.5 Å². The second-order valence-corrected chi connectivity index (χ2v) is 30.6. The molecule has 0 amide bonds. The van der Waals surface area contributed by atoms with E-state index in [0.29, 0.717) is 0 Å². The zero-order chi connectivity index (χ0) is 21.0. The maximum atomic E-state index is 2.94. The van der Waals surface area contributed by atoms with Gasteiger partial charge in [0.2, 0.25) is 0 Å². The topological polar surface area (TPSA) is 0 Å². The van der Waals surface area contributed by atoms with E-state index in [1.165, 1.54) is 25.7 Å². The first-order valence-corrected chi connectivity index (χ1v) is 21.7. The number of hydrogen-bond acceptors (Lipinski definition) is 0. The molecule has 0 aromatic rings. The van der Waals surface area contributed by atoms with E-state index < -0.39 is 15.2 Å². The van der Waals surface area contributed by atoms with Gasteiger partial charge in [0.1, 0.15) is 0 Å². The molecule has 0 spiro atoms. The van der Waals surface area contributed by atoms with Crippen molar-refractivity contribution in [1.82, 2.24) is 0 Å². The summed E-state index contributed by atoms with van der Waals surface area (Å²) in [7, 11) is -2.41. The van der Waals surface area contributed by atoms with Gasteiger partial charge in [0.05, 0.1) is 0 Å². The van der Waals surface area contributed by atoms with Crippen LogP contribution in [0.4, 0.5) is 0 Å². The third kappa shape index (κ3) is 6.78. The zero-order valence-corrected chi connectivity index (χ0v) is 31.5. The summed E-state index contributed by atoms with van der Waals surface area (Å²) in [5.74, 6) is 6.48. The fourth-order valence-electron chi connectivity index (χ4n) is 9.26. The Kier molecular flexibility index (Phi) is 16.8. The van der Waals surface area contributed by atoms with Gasteiger partial charge in [-0.15, -0.1) is 0 Å². The zero-order valence-electron chi connectivity index (χ0n) is 24.9. The van der Waals surface area contributed by atoms with E-state index in [-0.39, 0.29) is 55.9 Å². The molecule has 4 saturated carbocycles. The Labute approximate surface area is 252 Å². The maximum absolute atomic E-state index is 2.94. The van der Waals surface area contributed by atoms with Crippen molar-refractivity contribution in [2.45, 2.75) is 126 Å². The Bertz CT molecular complexity index is 580. The molecule has 200 valence electrons. The van der Waals surface area contributed by atoms with Crippen LogP contribution in [-0.4, -0.2) is 19.1 Å². The van der Waals surface area contributed by atoms with Crippen LogP contribution in [0.2, 0.25) is 37.3 Å². The number of fused-ring (bicyclic) bond motifs is 2. The molecule has 0 bridgehead atoms. The van der Waals surface area contributed by atoms with Crippen molar-refractivity contribution >= 4 is 37.8 Å². The summed E-state index contributed by atoms with van der Waals surface area (Å²) >= 11 is 2.94. The molecule has 4 fully saturated rings. The first-order chi connectivity index (χ1) is 13.7. The maximum Gasteiger partial charge on any atom is 4.00 e. The van der Waals surface area contributed by atoms with Crippen LogP contribution in [0.5, 0.6) is 0 Å². The van der Waals surface area contributed by atoms with Crippen LogP contribution in [-0.2, 0) is 26.2 Å². The van der Waals surface area contributed by atoms with E-state index in [2.05, 4.69) is 62.6 Å². The van der Waals surface area contributed by atoms with Gasteiger partial charge in [-0.3, -0.25) is 0 Å². The average molecular weight is 696 g/mol. The first kappa shape index (κ1) is 38.2. The first-order valence-electron chi connectivity index (χ1n) is 13.3. The van der Waals surface area contributed by atoms with Crippen molar-refractivity contribution in [2.75, 3.05) is 0 Å². The van der Waals surface area contributed by atoms with Crippen molar-refractivity contribution in [3.8, 4) is 0 Å². The Morgan fingerprint density at radius 1 is 0.765 bits per heavy atom. The Hall–Kier alpha value is 2.05. The summed E-state index contributed by atoms with van der Waals surface area (Å²) in [6.07, 6.45) is 17.1. The minimum absolute atomic E-state index is 0. The van der Waals surface area contributed by atoms with Gasteiger partial charge < -0.3 is 29.7 Å². The number of alkyl halides is 1. The summed E-state index contributed by atoms with van der Waals surface area (Å²) in [6.45, 7) is 16.7. The minimum Gasteiger partial charge on any atom is -0.358 e. The Balaban J connectivity index is 0. The molecule has 0 N–H and O–H groups in total. The fourth-order valence-corrected chi connectivity index (χ4v) is 25.8. The molecular formula is C30H61ISi2Zr. The van der Waals surface area contributed by atoms with Gasteiger partial charge in [-0.05, 0) is 65.9 Å². The number of unbranched alkanes of at least 4 members (excludes halogenated alkanes) is 1. The molecule has 4 rings (SSSR count). The third-order valence-electron chi connectivity index (χ3n) is 11.4. The summed E-state index contributed by atoms with van der Waals surface area (Å²) in [6, 6.07) is 0. The molecule has 4 aliphatic carbocycles. The van der Waals surface area contributed by atoms with Crippen LogP contribution < -0.4 is 0 Å². The largest absolute Gasteiger partial charge is 4.00 e. The SMILES string of the molecule is CCCCC1CCC([Si](C)(C)[Si](C)(C)C2C(C)CC3C(I)C4CCCC4CC32)C1.[CH3-].[CH3-].[CH3-].[CH3-].[Zr+4]. The van der Waals surface area contributed by atoms with E-state index in [9.17, 15) is 0 Å². The molecule has 4 heteroatoms.